The molecule has 0 amide bonds. The van der Waals surface area contributed by atoms with Crippen LogP contribution in [0.2, 0.25) is 0 Å². The van der Waals surface area contributed by atoms with Crippen molar-refractivity contribution in [2.24, 2.45) is 0 Å². The fourth-order valence-electron chi connectivity index (χ4n) is 1.52. The van der Waals surface area contributed by atoms with Crippen molar-refractivity contribution in [2.75, 3.05) is 19.4 Å². The molecule has 19 heavy (non-hydrogen) atoms. The maximum absolute atomic E-state index is 12.2. The summed E-state index contributed by atoms with van der Waals surface area (Å²) in [6, 6.07) is 8.11. The lowest BCUT2D eigenvalue weighted by molar-refractivity contribution is 0.100. The molecule has 0 fully saturated rings. The van der Waals surface area contributed by atoms with Gasteiger partial charge in [-0.05, 0) is 26.0 Å². The molecule has 0 radical (unpaired) electrons. The molecule has 6 heteroatoms. The van der Waals surface area contributed by atoms with Crippen LogP contribution in [0.1, 0.15) is 29.8 Å². The number of hydrogen-bond acceptors (Lipinski definition) is 5. The molecule has 0 bridgehead atoms. The van der Waals surface area contributed by atoms with E-state index in [-0.39, 0.29) is 25.2 Å². The zero-order valence-corrected chi connectivity index (χ0v) is 11.9. The summed E-state index contributed by atoms with van der Waals surface area (Å²) in [6.45, 7) is 3.82. The van der Waals surface area contributed by atoms with Gasteiger partial charge in [-0.3, -0.25) is 9.36 Å². The average Bonchev–Trinajstić information content (AvgIpc) is 2.39. The Morgan fingerprint density at radius 3 is 2.16 bits per heavy atom. The van der Waals surface area contributed by atoms with Crippen molar-refractivity contribution in [1.82, 2.24) is 0 Å². The van der Waals surface area contributed by atoms with Crippen LogP contribution in [0.25, 0.3) is 0 Å². The van der Waals surface area contributed by atoms with Gasteiger partial charge in [-0.2, -0.15) is 5.26 Å². The molecule has 0 saturated heterocycles. The molecule has 102 valence electrons. The van der Waals surface area contributed by atoms with E-state index in [1.165, 1.54) is 12.1 Å². The summed E-state index contributed by atoms with van der Waals surface area (Å²) in [5.41, 5.74) is 0.855. The van der Waals surface area contributed by atoms with Crippen LogP contribution in [0.5, 0.6) is 0 Å². The van der Waals surface area contributed by atoms with E-state index >= 15 is 0 Å². The monoisotopic (exact) mass is 281 g/mol. The van der Waals surface area contributed by atoms with Gasteiger partial charge in [-0.15, -0.1) is 0 Å². The topological polar surface area (TPSA) is 76.4 Å². The lowest BCUT2D eigenvalue weighted by Gasteiger charge is -2.16. The van der Waals surface area contributed by atoms with Crippen molar-refractivity contribution < 1.29 is 18.4 Å². The summed E-state index contributed by atoms with van der Waals surface area (Å²) in [4.78, 5) is 12.0. The minimum absolute atomic E-state index is 0.220. The van der Waals surface area contributed by atoms with Crippen LogP contribution in [0, 0.1) is 11.3 Å². The third-order valence-corrected chi connectivity index (χ3v) is 4.30. The molecule has 0 aromatic heterocycles. The summed E-state index contributed by atoms with van der Waals surface area (Å²) in [7, 11) is -3.37. The highest BCUT2D eigenvalue weighted by Gasteiger charge is 2.28. The zero-order chi connectivity index (χ0) is 14.3. The Morgan fingerprint density at radius 1 is 1.21 bits per heavy atom. The SMILES string of the molecule is CCOP(=O)(CC(=O)c1ccc(C#N)cc1)OCC. The second-order valence-corrected chi connectivity index (χ2v) is 5.77. The first-order valence-corrected chi connectivity index (χ1v) is 7.69. The quantitative estimate of drug-likeness (QED) is 0.567. The predicted octanol–water partition coefficient (Wildman–Crippen LogP) is 3.01. The van der Waals surface area contributed by atoms with Crippen molar-refractivity contribution in [3.63, 3.8) is 0 Å². The highest BCUT2D eigenvalue weighted by atomic mass is 31.2. The van der Waals surface area contributed by atoms with Crippen LogP contribution in [0.3, 0.4) is 0 Å². The number of benzene rings is 1. The number of rotatable bonds is 7. The maximum atomic E-state index is 12.2. The van der Waals surface area contributed by atoms with E-state index in [9.17, 15) is 9.36 Å². The number of carbonyl (C=O) groups excluding carboxylic acids is 1. The third kappa shape index (κ3) is 4.60. The van der Waals surface area contributed by atoms with Crippen molar-refractivity contribution in [1.29, 1.82) is 5.26 Å². The number of nitrogens with zero attached hydrogens (tertiary/aromatic N) is 1. The standard InChI is InChI=1S/C13H16NO4P/c1-3-17-19(16,18-4-2)10-13(15)12-7-5-11(9-14)6-8-12/h5-8H,3-4,10H2,1-2H3. The van der Waals surface area contributed by atoms with Crippen molar-refractivity contribution in [3.05, 3.63) is 35.4 Å². The summed E-state index contributed by atoms with van der Waals surface area (Å²) < 4.78 is 22.3. The van der Waals surface area contributed by atoms with Gasteiger partial charge in [0.25, 0.3) is 0 Å². The zero-order valence-electron chi connectivity index (χ0n) is 11.0. The van der Waals surface area contributed by atoms with Gasteiger partial charge in [0.1, 0.15) is 6.16 Å². The first kappa shape index (κ1) is 15.6. The van der Waals surface area contributed by atoms with Crippen LogP contribution in [0.15, 0.2) is 24.3 Å². The van der Waals surface area contributed by atoms with E-state index in [0.717, 1.165) is 0 Å². The number of nitriles is 1. The van der Waals surface area contributed by atoms with E-state index < -0.39 is 7.60 Å². The highest BCUT2D eigenvalue weighted by Crippen LogP contribution is 2.48. The van der Waals surface area contributed by atoms with Gasteiger partial charge in [-0.1, -0.05) is 12.1 Å². The van der Waals surface area contributed by atoms with Gasteiger partial charge in [-0.25, -0.2) is 0 Å². The van der Waals surface area contributed by atoms with Crippen LogP contribution >= 0.6 is 7.60 Å². The summed E-state index contributed by atoms with van der Waals surface area (Å²) in [6.07, 6.45) is -0.291. The lowest BCUT2D eigenvalue weighted by atomic mass is 10.1. The van der Waals surface area contributed by atoms with Gasteiger partial charge in [0.05, 0.1) is 24.8 Å². The molecule has 0 N–H and O–H groups in total. The van der Waals surface area contributed by atoms with E-state index in [0.29, 0.717) is 11.1 Å². The molecule has 0 unspecified atom stereocenters. The van der Waals surface area contributed by atoms with E-state index in [4.69, 9.17) is 14.3 Å². The molecule has 0 spiro atoms. The highest BCUT2D eigenvalue weighted by molar-refractivity contribution is 7.54. The maximum Gasteiger partial charge on any atom is 0.338 e. The molecule has 0 heterocycles. The Morgan fingerprint density at radius 2 is 1.74 bits per heavy atom. The molecule has 0 aliphatic carbocycles. The molecule has 1 aromatic rings. The van der Waals surface area contributed by atoms with Gasteiger partial charge < -0.3 is 9.05 Å². The molecule has 0 atom stereocenters. The molecule has 1 rings (SSSR count). The fraction of sp³-hybridized carbons (Fsp3) is 0.385. The first-order chi connectivity index (χ1) is 9.04. The molecule has 0 aliphatic heterocycles. The van der Waals surface area contributed by atoms with Crippen LogP contribution in [-0.4, -0.2) is 25.2 Å². The molecular formula is C13H16NO4P. The van der Waals surface area contributed by atoms with Crippen molar-refractivity contribution >= 4 is 13.4 Å². The van der Waals surface area contributed by atoms with Gasteiger partial charge in [0, 0.05) is 5.56 Å². The summed E-state index contributed by atoms with van der Waals surface area (Å²) >= 11 is 0. The predicted molar refractivity (Wildman–Crippen MR) is 71.2 cm³/mol. The number of Topliss-reactive ketones (excluding diaryl/α,β-unsaturated/α-hetero) is 1. The fourth-order valence-corrected chi connectivity index (χ4v) is 3.10. The van der Waals surface area contributed by atoms with E-state index in [2.05, 4.69) is 0 Å². The smallest absolute Gasteiger partial charge is 0.309 e. The van der Waals surface area contributed by atoms with Crippen LogP contribution in [0.4, 0.5) is 0 Å². The van der Waals surface area contributed by atoms with Gasteiger partial charge in [0.2, 0.25) is 0 Å². The molecule has 0 saturated carbocycles. The molecular weight excluding hydrogens is 265 g/mol. The van der Waals surface area contributed by atoms with Crippen LogP contribution < -0.4 is 0 Å². The minimum atomic E-state index is -3.37. The van der Waals surface area contributed by atoms with E-state index in [1.54, 1.807) is 26.0 Å². The second kappa shape index (κ2) is 7.20. The Labute approximate surface area is 112 Å². The Hall–Kier alpha value is -1.47. The minimum Gasteiger partial charge on any atom is -0.309 e. The Balaban J connectivity index is 2.82. The lowest BCUT2D eigenvalue weighted by Crippen LogP contribution is -2.10. The average molecular weight is 281 g/mol. The van der Waals surface area contributed by atoms with Crippen molar-refractivity contribution in [2.45, 2.75) is 13.8 Å². The summed E-state index contributed by atoms with van der Waals surface area (Å²) in [5, 5.41) is 8.67. The second-order valence-electron chi connectivity index (χ2n) is 3.72. The molecule has 1 aromatic carbocycles. The number of carbonyl (C=O) groups is 1. The molecule has 5 nitrogen and oxygen atoms in total. The Kier molecular flexibility index (Phi) is 5.91. The van der Waals surface area contributed by atoms with Crippen molar-refractivity contribution in [3.8, 4) is 6.07 Å². The first-order valence-electron chi connectivity index (χ1n) is 5.96. The third-order valence-electron chi connectivity index (χ3n) is 2.32. The summed E-state index contributed by atoms with van der Waals surface area (Å²) in [5.74, 6) is -0.324. The van der Waals surface area contributed by atoms with E-state index in [1.807, 2.05) is 6.07 Å². The van der Waals surface area contributed by atoms with Gasteiger partial charge in [0.15, 0.2) is 5.78 Å². The Bertz CT molecular complexity index is 508. The van der Waals surface area contributed by atoms with Gasteiger partial charge >= 0.3 is 7.60 Å². The number of hydrogen-bond donors (Lipinski definition) is 0. The normalized spacial score (nSPS) is 11.0. The largest absolute Gasteiger partial charge is 0.338 e. The van der Waals surface area contributed by atoms with Crippen LogP contribution in [-0.2, 0) is 13.6 Å². The molecule has 0 aliphatic rings. The number of ketones is 1.